The molecular formula is C11H13N5O3. The number of H-pyrrole nitrogens is 1. The van der Waals surface area contributed by atoms with Crippen molar-refractivity contribution >= 4 is 18.2 Å². The van der Waals surface area contributed by atoms with Crippen LogP contribution in [0.4, 0.5) is 5.82 Å². The minimum atomic E-state index is -0.250. The van der Waals surface area contributed by atoms with Gasteiger partial charge in [-0.05, 0) is 0 Å². The molecule has 1 aliphatic rings. The minimum Gasteiger partial charge on any atom is -0.483 e. The fraction of sp³-hybridized carbons (Fsp3) is 0.273. The molecule has 1 atom stereocenters. The summed E-state index contributed by atoms with van der Waals surface area (Å²) in [6.07, 6.45) is 5.77. The average Bonchev–Trinajstić information content (AvgIpc) is 2.97. The van der Waals surface area contributed by atoms with Crippen LogP contribution in [0.25, 0.3) is 0 Å². The molecule has 8 nitrogen and oxygen atoms in total. The van der Waals surface area contributed by atoms with Crippen molar-refractivity contribution in [1.29, 1.82) is 0 Å². The number of nitrogens with one attached hydrogen (secondary N) is 2. The third-order valence-corrected chi connectivity index (χ3v) is 2.87. The van der Waals surface area contributed by atoms with Crippen LogP contribution in [0, 0.1) is 0 Å². The highest BCUT2D eigenvalue weighted by Gasteiger charge is 2.30. The number of imidazole rings is 1. The molecule has 1 aliphatic heterocycles. The van der Waals surface area contributed by atoms with Crippen molar-refractivity contribution in [2.24, 2.45) is 7.05 Å². The van der Waals surface area contributed by atoms with Gasteiger partial charge in [-0.3, -0.25) is 14.7 Å². The van der Waals surface area contributed by atoms with Crippen LogP contribution < -0.4 is 5.32 Å². The van der Waals surface area contributed by atoms with E-state index in [0.717, 1.165) is 11.4 Å². The van der Waals surface area contributed by atoms with E-state index in [1.165, 1.54) is 0 Å². The topological polar surface area (TPSA) is 113 Å². The summed E-state index contributed by atoms with van der Waals surface area (Å²) in [5.74, 6) is 1.55. The lowest BCUT2D eigenvalue weighted by molar-refractivity contribution is -0.123. The van der Waals surface area contributed by atoms with Crippen LogP contribution in [0.2, 0.25) is 0 Å². The molecule has 3 rings (SSSR count). The number of aryl methyl sites for hydroxylation is 1. The van der Waals surface area contributed by atoms with Gasteiger partial charge in [0.05, 0.1) is 12.1 Å². The predicted octanol–water partition coefficient (Wildman–Crippen LogP) is 0.318. The molecular weight excluding hydrogens is 250 g/mol. The zero-order valence-electron chi connectivity index (χ0n) is 10.2. The largest absolute Gasteiger partial charge is 0.483 e. The first-order chi connectivity index (χ1) is 9.17. The maximum Gasteiger partial charge on any atom is 0.290 e. The Bertz CT molecular complexity index is 589. The summed E-state index contributed by atoms with van der Waals surface area (Å²) in [5.41, 5.74) is 0.994. The zero-order valence-corrected chi connectivity index (χ0v) is 10.2. The quantitative estimate of drug-likeness (QED) is 0.641. The molecule has 100 valence electrons. The molecule has 0 saturated heterocycles. The third-order valence-electron chi connectivity index (χ3n) is 2.87. The molecule has 0 saturated carbocycles. The van der Waals surface area contributed by atoms with Gasteiger partial charge in [-0.15, -0.1) is 0 Å². The smallest absolute Gasteiger partial charge is 0.290 e. The SMILES string of the molecule is Cn1ccnc1C1CC(=O)Nc2[nH]ncc21.O=CO. The molecule has 2 aromatic rings. The van der Waals surface area contributed by atoms with E-state index in [4.69, 9.17) is 9.90 Å². The van der Waals surface area contributed by atoms with Crippen LogP contribution in [0.1, 0.15) is 23.7 Å². The lowest BCUT2D eigenvalue weighted by Gasteiger charge is -2.21. The van der Waals surface area contributed by atoms with Crippen LogP contribution in [-0.4, -0.2) is 37.2 Å². The maximum absolute atomic E-state index is 11.5. The second-order valence-electron chi connectivity index (χ2n) is 4.01. The normalized spacial score (nSPS) is 16.9. The number of fused-ring (bicyclic) bond motifs is 1. The Morgan fingerprint density at radius 2 is 2.32 bits per heavy atom. The fourth-order valence-corrected chi connectivity index (χ4v) is 2.09. The highest BCUT2D eigenvalue weighted by molar-refractivity contribution is 5.93. The van der Waals surface area contributed by atoms with E-state index < -0.39 is 0 Å². The number of carboxylic acid groups (broad SMARTS) is 1. The standard InChI is InChI=1S/C10H11N5O.CH2O2/c1-15-3-2-11-10(15)6-4-8(16)13-9-7(6)5-12-14-9;2-1-3/h2-3,5-6H,4H2,1H3,(H2,12,13,14,16);1H,(H,2,3). The highest BCUT2D eigenvalue weighted by Crippen LogP contribution is 2.34. The second-order valence-corrected chi connectivity index (χ2v) is 4.01. The number of hydrogen-bond acceptors (Lipinski definition) is 4. The molecule has 1 amide bonds. The zero-order chi connectivity index (χ0) is 13.8. The van der Waals surface area contributed by atoms with E-state index in [-0.39, 0.29) is 18.3 Å². The second kappa shape index (κ2) is 5.34. The molecule has 1 unspecified atom stereocenters. The van der Waals surface area contributed by atoms with Gasteiger partial charge in [0.2, 0.25) is 5.91 Å². The summed E-state index contributed by atoms with van der Waals surface area (Å²) >= 11 is 0. The van der Waals surface area contributed by atoms with Gasteiger partial charge in [0.15, 0.2) is 0 Å². The Hall–Kier alpha value is -2.64. The lowest BCUT2D eigenvalue weighted by Crippen LogP contribution is -2.24. The average molecular weight is 263 g/mol. The van der Waals surface area contributed by atoms with Crippen molar-refractivity contribution in [2.75, 3.05) is 5.32 Å². The first kappa shape index (κ1) is 12.8. The summed E-state index contributed by atoms with van der Waals surface area (Å²) < 4.78 is 1.93. The molecule has 0 aromatic carbocycles. The summed E-state index contributed by atoms with van der Waals surface area (Å²) in [5, 5.41) is 16.4. The fourth-order valence-electron chi connectivity index (χ4n) is 2.09. The van der Waals surface area contributed by atoms with Gasteiger partial charge >= 0.3 is 0 Å². The maximum atomic E-state index is 11.5. The molecule has 0 fully saturated rings. The number of hydrogen-bond donors (Lipinski definition) is 3. The molecule has 0 aliphatic carbocycles. The molecule has 3 heterocycles. The Balaban J connectivity index is 0.000000408. The molecule has 3 N–H and O–H groups in total. The molecule has 0 bridgehead atoms. The van der Waals surface area contributed by atoms with E-state index in [9.17, 15) is 4.79 Å². The van der Waals surface area contributed by atoms with Crippen molar-refractivity contribution in [2.45, 2.75) is 12.3 Å². The molecule has 0 spiro atoms. The number of amides is 1. The van der Waals surface area contributed by atoms with Gasteiger partial charge in [0, 0.05) is 31.4 Å². The van der Waals surface area contributed by atoms with E-state index in [1.54, 1.807) is 12.4 Å². The number of nitrogens with zero attached hydrogens (tertiary/aromatic N) is 3. The first-order valence-corrected chi connectivity index (χ1v) is 5.55. The third kappa shape index (κ3) is 2.46. The van der Waals surface area contributed by atoms with Crippen LogP contribution in [0.5, 0.6) is 0 Å². The monoisotopic (exact) mass is 263 g/mol. The highest BCUT2D eigenvalue weighted by atomic mass is 16.3. The summed E-state index contributed by atoms with van der Waals surface area (Å²) in [4.78, 5) is 24.2. The van der Waals surface area contributed by atoms with Gasteiger partial charge in [-0.1, -0.05) is 0 Å². The van der Waals surface area contributed by atoms with Crippen LogP contribution in [0.3, 0.4) is 0 Å². The Kier molecular flexibility index (Phi) is 3.60. The molecule has 19 heavy (non-hydrogen) atoms. The summed E-state index contributed by atoms with van der Waals surface area (Å²) in [6, 6.07) is 0. The number of aromatic nitrogens is 4. The van der Waals surface area contributed by atoms with E-state index in [0.29, 0.717) is 12.2 Å². The van der Waals surface area contributed by atoms with Crippen LogP contribution >= 0.6 is 0 Å². The predicted molar refractivity (Wildman–Crippen MR) is 65.6 cm³/mol. The molecule has 2 aromatic heterocycles. The van der Waals surface area contributed by atoms with E-state index in [2.05, 4.69) is 20.5 Å². The minimum absolute atomic E-state index is 0.00949. The Labute approximate surface area is 108 Å². The number of rotatable bonds is 1. The van der Waals surface area contributed by atoms with Crippen molar-refractivity contribution < 1.29 is 14.7 Å². The first-order valence-electron chi connectivity index (χ1n) is 5.55. The van der Waals surface area contributed by atoms with Gasteiger partial charge in [-0.25, -0.2) is 4.98 Å². The van der Waals surface area contributed by atoms with Crippen LogP contribution in [-0.2, 0) is 16.6 Å². The van der Waals surface area contributed by atoms with Crippen molar-refractivity contribution in [3.63, 3.8) is 0 Å². The number of aromatic amines is 1. The summed E-state index contributed by atoms with van der Waals surface area (Å²) in [7, 11) is 1.93. The number of carbonyl (C=O) groups excluding carboxylic acids is 1. The van der Waals surface area contributed by atoms with E-state index in [1.807, 2.05) is 17.8 Å². The van der Waals surface area contributed by atoms with Crippen molar-refractivity contribution in [3.8, 4) is 0 Å². The summed E-state index contributed by atoms with van der Waals surface area (Å²) in [6.45, 7) is -0.250. The van der Waals surface area contributed by atoms with Crippen LogP contribution in [0.15, 0.2) is 18.6 Å². The number of carbonyl (C=O) groups is 2. The van der Waals surface area contributed by atoms with E-state index >= 15 is 0 Å². The van der Waals surface area contributed by atoms with Gasteiger partial charge in [-0.2, -0.15) is 5.10 Å². The Morgan fingerprint density at radius 1 is 1.58 bits per heavy atom. The lowest BCUT2D eigenvalue weighted by atomic mass is 9.93. The number of anilines is 1. The van der Waals surface area contributed by atoms with Gasteiger partial charge in [0.1, 0.15) is 11.6 Å². The molecule has 0 radical (unpaired) electrons. The molecule has 8 heteroatoms. The van der Waals surface area contributed by atoms with Gasteiger partial charge in [0.25, 0.3) is 6.47 Å². The van der Waals surface area contributed by atoms with Crippen molar-refractivity contribution in [1.82, 2.24) is 19.7 Å². The van der Waals surface area contributed by atoms with Crippen molar-refractivity contribution in [3.05, 3.63) is 30.0 Å². The Morgan fingerprint density at radius 3 is 2.95 bits per heavy atom. The van der Waals surface area contributed by atoms with Gasteiger partial charge < -0.3 is 15.0 Å².